The topological polar surface area (TPSA) is 82.5 Å². The summed E-state index contributed by atoms with van der Waals surface area (Å²) in [6.07, 6.45) is 5.89. The molecule has 156 valence electrons. The first-order chi connectivity index (χ1) is 14.6. The van der Waals surface area contributed by atoms with Gasteiger partial charge in [0, 0.05) is 10.4 Å². The lowest BCUT2D eigenvalue weighted by molar-refractivity contribution is -0.920. The molecule has 0 unspecified atom stereocenters. The Bertz CT molecular complexity index is 1080. The van der Waals surface area contributed by atoms with Crippen LogP contribution in [0.5, 0.6) is 11.6 Å². The van der Waals surface area contributed by atoms with Crippen LogP contribution < -0.4 is 15.4 Å². The molecule has 5 rings (SSSR count). The van der Waals surface area contributed by atoms with E-state index in [0.29, 0.717) is 17.2 Å². The predicted octanol–water partition coefficient (Wildman–Crippen LogP) is 2.89. The van der Waals surface area contributed by atoms with Crippen molar-refractivity contribution in [1.82, 2.24) is 9.97 Å². The van der Waals surface area contributed by atoms with Crippen molar-refractivity contribution in [1.29, 1.82) is 0 Å². The molecule has 1 aromatic carbocycles. The molecule has 1 saturated heterocycles. The summed E-state index contributed by atoms with van der Waals surface area (Å²) in [5.74, 6) is 2.53. The highest BCUT2D eigenvalue weighted by molar-refractivity contribution is 7.19. The normalized spacial score (nSPS) is 21.0. The summed E-state index contributed by atoms with van der Waals surface area (Å²) in [5.41, 5.74) is 7.17. The van der Waals surface area contributed by atoms with Crippen molar-refractivity contribution in [2.24, 2.45) is 11.7 Å². The number of thiophene rings is 1. The number of carbonyl (C=O) groups excluding carboxylic acids is 1. The number of likely N-dealkylation sites (tertiary alicyclic amines) is 1. The Morgan fingerprint density at radius 1 is 1.20 bits per heavy atom. The number of piperidine rings is 1. The molecule has 0 saturated carbocycles. The minimum atomic E-state index is -0.442. The van der Waals surface area contributed by atoms with E-state index < -0.39 is 5.91 Å². The zero-order valence-electron chi connectivity index (χ0n) is 17.2. The molecule has 1 fully saturated rings. The van der Waals surface area contributed by atoms with Crippen molar-refractivity contribution in [3.63, 3.8) is 0 Å². The molecule has 7 heteroatoms. The number of amides is 1. The van der Waals surface area contributed by atoms with Crippen molar-refractivity contribution in [3.05, 3.63) is 46.1 Å². The highest BCUT2D eigenvalue weighted by Gasteiger charge is 2.26. The summed E-state index contributed by atoms with van der Waals surface area (Å²) in [6.45, 7) is 5.52. The molecule has 6 nitrogen and oxygen atoms in total. The van der Waals surface area contributed by atoms with Gasteiger partial charge in [-0.2, -0.15) is 4.98 Å². The third-order valence-corrected chi connectivity index (χ3v) is 7.51. The number of primary amides is 1. The summed E-state index contributed by atoms with van der Waals surface area (Å²) in [7, 11) is 0. The van der Waals surface area contributed by atoms with Gasteiger partial charge in [-0.1, -0.05) is 6.92 Å². The van der Waals surface area contributed by atoms with E-state index in [1.54, 1.807) is 40.5 Å². The Hall–Kier alpha value is -2.51. The minimum Gasteiger partial charge on any atom is -0.438 e. The molecule has 1 aliphatic heterocycles. The Balaban J connectivity index is 1.48. The summed E-state index contributed by atoms with van der Waals surface area (Å²) in [4.78, 5) is 25.2. The van der Waals surface area contributed by atoms with Gasteiger partial charge >= 0.3 is 0 Å². The number of hydrogen-bond donors (Lipinski definition) is 2. The minimum absolute atomic E-state index is 0.442. The number of fused-ring (bicyclic) bond motifs is 3. The number of ether oxygens (including phenoxy) is 1. The van der Waals surface area contributed by atoms with E-state index in [-0.39, 0.29) is 0 Å². The number of hydrogen-bond acceptors (Lipinski definition) is 5. The molecule has 2 aromatic heterocycles. The van der Waals surface area contributed by atoms with Crippen LogP contribution in [0.4, 0.5) is 0 Å². The van der Waals surface area contributed by atoms with E-state index in [2.05, 4.69) is 6.92 Å². The van der Waals surface area contributed by atoms with Crippen molar-refractivity contribution in [2.75, 3.05) is 13.1 Å². The standard InChI is InChI=1S/C23H26N4O2S/c1-14-9-11-27(12-10-14)13-19-25-22(29-16-7-5-15(6-8-16)21(24)28)20-17-3-2-4-18(17)30-23(20)26-19/h5-8,14H,2-4,9-13H2,1H3,(H2,24,28)/p+1. The molecule has 30 heavy (non-hydrogen) atoms. The van der Waals surface area contributed by atoms with E-state index in [1.807, 2.05) is 0 Å². The fourth-order valence-corrected chi connectivity index (χ4v) is 5.80. The van der Waals surface area contributed by atoms with Gasteiger partial charge in [0.1, 0.15) is 17.1 Å². The zero-order valence-corrected chi connectivity index (χ0v) is 18.1. The van der Waals surface area contributed by atoms with Crippen molar-refractivity contribution in [2.45, 2.75) is 45.6 Å². The van der Waals surface area contributed by atoms with Gasteiger partial charge in [0.15, 0.2) is 5.82 Å². The Morgan fingerprint density at radius 2 is 1.97 bits per heavy atom. The molecule has 3 N–H and O–H groups in total. The number of aromatic nitrogens is 2. The number of carbonyl (C=O) groups is 1. The Morgan fingerprint density at radius 3 is 2.70 bits per heavy atom. The number of nitrogens with two attached hydrogens (primary N) is 1. The van der Waals surface area contributed by atoms with Crippen LogP contribution in [0.1, 0.15) is 52.8 Å². The third-order valence-electron chi connectivity index (χ3n) is 6.32. The Labute approximate surface area is 180 Å². The smallest absolute Gasteiger partial charge is 0.248 e. The molecule has 3 aromatic rings. The number of nitrogens with zero attached hydrogens (tertiary/aromatic N) is 2. The summed E-state index contributed by atoms with van der Waals surface area (Å²) in [6, 6.07) is 6.93. The van der Waals surface area contributed by atoms with Crippen molar-refractivity contribution >= 4 is 27.5 Å². The quantitative estimate of drug-likeness (QED) is 0.661. The van der Waals surface area contributed by atoms with Crippen LogP contribution in [0.2, 0.25) is 0 Å². The van der Waals surface area contributed by atoms with Crippen LogP contribution in [0.3, 0.4) is 0 Å². The van der Waals surface area contributed by atoms with E-state index in [1.165, 1.54) is 42.8 Å². The predicted molar refractivity (Wildman–Crippen MR) is 117 cm³/mol. The SMILES string of the molecule is CC1CC[NH+](Cc2nc(Oc3ccc(C(N)=O)cc3)c3c4c(sc3n2)CCC4)CC1. The lowest BCUT2D eigenvalue weighted by Crippen LogP contribution is -3.11. The number of quaternary nitrogens is 1. The maximum atomic E-state index is 11.4. The molecular weight excluding hydrogens is 396 g/mol. The second-order valence-corrected chi connectivity index (χ2v) is 9.67. The molecule has 1 amide bonds. The largest absolute Gasteiger partial charge is 0.438 e. The second-order valence-electron chi connectivity index (χ2n) is 8.58. The first-order valence-corrected chi connectivity index (χ1v) is 11.6. The fourth-order valence-electron chi connectivity index (χ4n) is 4.53. The summed E-state index contributed by atoms with van der Waals surface area (Å²) < 4.78 is 6.25. The summed E-state index contributed by atoms with van der Waals surface area (Å²) in [5, 5.41) is 1.07. The van der Waals surface area contributed by atoms with Crippen LogP contribution in [-0.2, 0) is 19.4 Å². The molecule has 3 heterocycles. The average Bonchev–Trinajstić information content (AvgIpc) is 3.31. The van der Waals surface area contributed by atoms with Gasteiger partial charge in [0.05, 0.1) is 18.5 Å². The molecule has 0 bridgehead atoms. The molecule has 0 atom stereocenters. The highest BCUT2D eigenvalue weighted by atomic mass is 32.1. The average molecular weight is 424 g/mol. The number of rotatable bonds is 5. The number of nitrogens with one attached hydrogen (secondary N) is 1. The van der Waals surface area contributed by atoms with Gasteiger partial charge in [-0.25, -0.2) is 4.98 Å². The van der Waals surface area contributed by atoms with Crippen molar-refractivity contribution in [3.8, 4) is 11.6 Å². The number of aryl methyl sites for hydroxylation is 2. The zero-order chi connectivity index (χ0) is 20.7. The maximum Gasteiger partial charge on any atom is 0.248 e. The maximum absolute atomic E-state index is 11.4. The van der Waals surface area contributed by atoms with Gasteiger partial charge in [-0.3, -0.25) is 4.79 Å². The first-order valence-electron chi connectivity index (χ1n) is 10.8. The van der Waals surface area contributed by atoms with Crippen LogP contribution in [0, 0.1) is 5.92 Å². The van der Waals surface area contributed by atoms with Gasteiger partial charge in [0.2, 0.25) is 11.8 Å². The third kappa shape index (κ3) is 3.79. The van der Waals surface area contributed by atoms with Gasteiger partial charge in [-0.15, -0.1) is 11.3 Å². The molecular formula is C23H27N4O2S+. The van der Waals surface area contributed by atoms with Gasteiger partial charge in [0.25, 0.3) is 0 Å². The molecule has 1 aliphatic carbocycles. The highest BCUT2D eigenvalue weighted by Crippen LogP contribution is 2.41. The second kappa shape index (κ2) is 7.96. The Kier molecular flexibility index (Phi) is 5.16. The van der Waals surface area contributed by atoms with E-state index in [0.717, 1.165) is 41.3 Å². The van der Waals surface area contributed by atoms with Crippen LogP contribution in [-0.4, -0.2) is 29.0 Å². The van der Waals surface area contributed by atoms with Gasteiger partial charge in [-0.05, 0) is 67.9 Å². The molecule has 0 spiro atoms. The van der Waals surface area contributed by atoms with Gasteiger partial charge < -0.3 is 15.4 Å². The monoisotopic (exact) mass is 423 g/mol. The molecule has 2 aliphatic rings. The number of benzene rings is 1. The van der Waals surface area contributed by atoms with Crippen molar-refractivity contribution < 1.29 is 14.4 Å². The molecule has 0 radical (unpaired) electrons. The van der Waals surface area contributed by atoms with E-state index in [9.17, 15) is 4.79 Å². The van der Waals surface area contributed by atoms with Crippen LogP contribution in [0.25, 0.3) is 10.2 Å². The lowest BCUT2D eigenvalue weighted by Gasteiger charge is -2.26. The van der Waals surface area contributed by atoms with E-state index >= 15 is 0 Å². The van der Waals surface area contributed by atoms with Crippen LogP contribution in [0.15, 0.2) is 24.3 Å². The van der Waals surface area contributed by atoms with Crippen LogP contribution >= 0.6 is 11.3 Å². The lowest BCUT2D eigenvalue weighted by atomic mass is 9.99. The summed E-state index contributed by atoms with van der Waals surface area (Å²) >= 11 is 1.79. The first kappa shape index (κ1) is 19.5. The fraction of sp³-hybridized carbons (Fsp3) is 0.435. The van der Waals surface area contributed by atoms with E-state index in [4.69, 9.17) is 20.4 Å².